The Balaban J connectivity index is 2.21. The van der Waals surface area contributed by atoms with Crippen LogP contribution in [-0.2, 0) is 0 Å². The molecular weight excluding hydrogens is 390 g/mol. The second kappa shape index (κ2) is 10.2. The van der Waals surface area contributed by atoms with Crippen molar-refractivity contribution in [3.63, 3.8) is 0 Å². The van der Waals surface area contributed by atoms with Crippen molar-refractivity contribution in [1.29, 1.82) is 0 Å². The summed E-state index contributed by atoms with van der Waals surface area (Å²) in [7, 11) is 0. The van der Waals surface area contributed by atoms with Crippen LogP contribution in [0.3, 0.4) is 0 Å². The maximum absolute atomic E-state index is 15.2. The maximum Gasteiger partial charge on any atom is 0.200 e. The number of unbranched alkanes of at least 4 members (excludes halogenated alkanes) is 2. The number of hydrogen-bond donors (Lipinski definition) is 0. The van der Waals surface area contributed by atoms with E-state index >= 15 is 8.78 Å². The van der Waals surface area contributed by atoms with E-state index in [4.69, 9.17) is 4.74 Å². The summed E-state index contributed by atoms with van der Waals surface area (Å²) in [4.78, 5) is 0. The highest BCUT2D eigenvalue weighted by Gasteiger charge is 2.52. The minimum absolute atomic E-state index is 0.0428. The average molecular weight is 437 g/mol. The lowest BCUT2D eigenvalue weighted by atomic mass is 9.61. The number of halogens is 2. The average Bonchev–Trinajstić information content (AvgIpc) is 2.68. The third-order valence-electron chi connectivity index (χ3n) is 7.78. The Bertz CT molecular complexity index is 689. The molecule has 1 fully saturated rings. The van der Waals surface area contributed by atoms with Gasteiger partial charge in [-0.25, -0.2) is 4.39 Å². The van der Waals surface area contributed by atoms with Crippen molar-refractivity contribution in [2.75, 3.05) is 0 Å². The van der Waals surface area contributed by atoms with Gasteiger partial charge in [0.15, 0.2) is 11.6 Å². The molecule has 0 atom stereocenters. The van der Waals surface area contributed by atoms with Crippen LogP contribution in [0.2, 0.25) is 0 Å². The molecule has 1 nitrogen and oxygen atoms in total. The van der Waals surface area contributed by atoms with E-state index in [0.29, 0.717) is 12.0 Å². The Kier molecular flexibility index (Phi) is 8.61. The van der Waals surface area contributed by atoms with Gasteiger partial charge >= 0.3 is 0 Å². The van der Waals surface area contributed by atoms with Gasteiger partial charge < -0.3 is 4.74 Å². The van der Waals surface area contributed by atoms with E-state index in [2.05, 4.69) is 55.4 Å². The van der Waals surface area contributed by atoms with Gasteiger partial charge in [-0.1, -0.05) is 87.1 Å². The fourth-order valence-corrected chi connectivity index (χ4v) is 6.14. The zero-order valence-corrected chi connectivity index (χ0v) is 21.3. The van der Waals surface area contributed by atoms with E-state index < -0.39 is 17.2 Å². The van der Waals surface area contributed by atoms with Crippen LogP contribution in [0.1, 0.15) is 125 Å². The summed E-state index contributed by atoms with van der Waals surface area (Å²) in [5.74, 6) is -0.621. The van der Waals surface area contributed by atoms with Crippen LogP contribution >= 0.6 is 0 Å². The monoisotopic (exact) mass is 436 g/mol. The van der Waals surface area contributed by atoms with Crippen molar-refractivity contribution < 1.29 is 13.5 Å². The molecule has 2 rings (SSSR count). The topological polar surface area (TPSA) is 9.23 Å². The molecule has 0 spiro atoms. The SMILES string of the molecule is CCCCCC1CCC(c2ccc(OC(CC)(C(C)(C)C)C(C)(C)C)c(F)c2F)CC1. The Morgan fingerprint density at radius 2 is 1.42 bits per heavy atom. The van der Waals surface area contributed by atoms with E-state index in [1.165, 1.54) is 25.7 Å². The van der Waals surface area contributed by atoms with Gasteiger partial charge in [0.05, 0.1) is 0 Å². The molecule has 0 aromatic heterocycles. The molecule has 0 radical (unpaired) electrons. The summed E-state index contributed by atoms with van der Waals surface area (Å²) >= 11 is 0. The third-order valence-corrected chi connectivity index (χ3v) is 7.78. The molecule has 1 saturated carbocycles. The standard InChI is InChI=1S/C28H46F2O/c1-9-11-12-13-20-14-16-21(17-15-20)22-18-19-23(25(30)24(22)29)31-28(10-2,26(3,4)5)27(6,7)8/h18-21H,9-17H2,1-8H3. The van der Waals surface area contributed by atoms with Gasteiger partial charge in [0, 0.05) is 10.8 Å². The predicted octanol–water partition coefficient (Wildman–Crippen LogP) is 9.44. The number of rotatable bonds is 8. The molecule has 1 aromatic rings. The summed E-state index contributed by atoms with van der Waals surface area (Å²) < 4.78 is 36.8. The first kappa shape index (κ1) is 26.1. The number of benzene rings is 1. The molecule has 1 aromatic carbocycles. The molecule has 0 saturated heterocycles. The van der Waals surface area contributed by atoms with Gasteiger partial charge in [0.1, 0.15) is 5.60 Å². The first-order valence-corrected chi connectivity index (χ1v) is 12.5. The molecule has 31 heavy (non-hydrogen) atoms. The largest absolute Gasteiger partial charge is 0.483 e. The number of hydrogen-bond acceptors (Lipinski definition) is 1. The van der Waals surface area contributed by atoms with Crippen LogP contribution in [-0.4, -0.2) is 5.60 Å². The Morgan fingerprint density at radius 3 is 1.90 bits per heavy atom. The minimum atomic E-state index is -0.825. The van der Waals surface area contributed by atoms with Crippen LogP contribution in [0.4, 0.5) is 8.78 Å². The van der Waals surface area contributed by atoms with Crippen LogP contribution < -0.4 is 4.74 Å². The highest BCUT2D eigenvalue weighted by molar-refractivity contribution is 5.34. The molecule has 0 bridgehead atoms. The van der Waals surface area contributed by atoms with Gasteiger partial charge in [-0.2, -0.15) is 4.39 Å². The normalized spacial score (nSPS) is 20.7. The summed E-state index contributed by atoms with van der Waals surface area (Å²) in [6.45, 7) is 17.0. The quantitative estimate of drug-likeness (QED) is 0.369. The van der Waals surface area contributed by atoms with Crippen molar-refractivity contribution >= 4 is 0 Å². The number of ether oxygens (including phenoxy) is 1. The van der Waals surface area contributed by atoms with E-state index in [-0.39, 0.29) is 22.5 Å². The molecule has 1 aliphatic rings. The lowest BCUT2D eigenvalue weighted by Gasteiger charge is -2.52. The molecule has 3 heteroatoms. The smallest absolute Gasteiger partial charge is 0.200 e. The summed E-state index contributed by atoms with van der Waals surface area (Å²) in [6.07, 6.45) is 9.99. The van der Waals surface area contributed by atoms with Crippen LogP contribution in [0.25, 0.3) is 0 Å². The van der Waals surface area contributed by atoms with E-state index in [1.807, 2.05) is 0 Å². The fraction of sp³-hybridized carbons (Fsp3) is 0.786. The molecule has 0 unspecified atom stereocenters. The molecule has 0 heterocycles. The first-order valence-electron chi connectivity index (χ1n) is 12.5. The van der Waals surface area contributed by atoms with Crippen LogP contribution in [0.5, 0.6) is 5.75 Å². The highest BCUT2D eigenvalue weighted by atomic mass is 19.2. The maximum atomic E-state index is 15.2. The van der Waals surface area contributed by atoms with E-state index in [1.54, 1.807) is 12.1 Å². The van der Waals surface area contributed by atoms with Crippen molar-refractivity contribution in [3.8, 4) is 5.75 Å². The molecule has 0 N–H and O–H groups in total. The Labute approximate surface area is 190 Å². The van der Waals surface area contributed by atoms with Crippen LogP contribution in [0, 0.1) is 28.4 Å². The molecular formula is C28H46F2O. The molecule has 1 aliphatic carbocycles. The second-order valence-electron chi connectivity index (χ2n) is 11.8. The Morgan fingerprint density at radius 1 is 0.839 bits per heavy atom. The predicted molar refractivity (Wildman–Crippen MR) is 128 cm³/mol. The molecule has 0 amide bonds. The molecule has 178 valence electrons. The van der Waals surface area contributed by atoms with Crippen molar-refractivity contribution in [3.05, 3.63) is 29.3 Å². The van der Waals surface area contributed by atoms with Crippen LogP contribution in [0.15, 0.2) is 12.1 Å². The fourth-order valence-electron chi connectivity index (χ4n) is 6.14. The lowest BCUT2D eigenvalue weighted by Crippen LogP contribution is -2.57. The van der Waals surface area contributed by atoms with Gasteiger partial charge in [-0.3, -0.25) is 0 Å². The third kappa shape index (κ3) is 5.63. The second-order valence-corrected chi connectivity index (χ2v) is 11.8. The van der Waals surface area contributed by atoms with Gasteiger partial charge in [0.25, 0.3) is 0 Å². The Hall–Kier alpha value is -1.12. The zero-order chi connectivity index (χ0) is 23.4. The van der Waals surface area contributed by atoms with E-state index in [9.17, 15) is 0 Å². The van der Waals surface area contributed by atoms with E-state index in [0.717, 1.165) is 31.6 Å². The van der Waals surface area contributed by atoms with Crippen molar-refractivity contribution in [2.45, 2.75) is 125 Å². The molecule has 0 aliphatic heterocycles. The van der Waals surface area contributed by atoms with Crippen molar-refractivity contribution in [2.24, 2.45) is 16.7 Å². The van der Waals surface area contributed by atoms with Gasteiger partial charge in [-0.05, 0) is 55.6 Å². The summed E-state index contributed by atoms with van der Waals surface area (Å²) in [5, 5.41) is 0. The van der Waals surface area contributed by atoms with Gasteiger partial charge in [0.2, 0.25) is 5.82 Å². The lowest BCUT2D eigenvalue weighted by molar-refractivity contribution is -0.119. The first-order chi connectivity index (χ1) is 14.4. The minimum Gasteiger partial charge on any atom is -0.483 e. The summed E-state index contributed by atoms with van der Waals surface area (Å²) in [5.41, 5.74) is -0.564. The summed E-state index contributed by atoms with van der Waals surface area (Å²) in [6, 6.07) is 3.45. The highest BCUT2D eigenvalue weighted by Crippen LogP contribution is 2.50. The van der Waals surface area contributed by atoms with Gasteiger partial charge in [-0.15, -0.1) is 0 Å². The van der Waals surface area contributed by atoms with Crippen molar-refractivity contribution in [1.82, 2.24) is 0 Å². The zero-order valence-electron chi connectivity index (χ0n) is 21.3.